The lowest BCUT2D eigenvalue weighted by molar-refractivity contribution is -0.387. The molecule has 1 saturated heterocycles. The number of nitrogens with one attached hydrogen (secondary N) is 1. The molecule has 1 heterocycles. The lowest BCUT2D eigenvalue weighted by Crippen LogP contribution is -2.44. The summed E-state index contributed by atoms with van der Waals surface area (Å²) >= 11 is 13.4. The number of halogens is 1. The van der Waals surface area contributed by atoms with Gasteiger partial charge in [0.15, 0.2) is 4.32 Å². The number of hydrogen-bond acceptors (Lipinski definition) is 7. The van der Waals surface area contributed by atoms with Gasteiger partial charge in [0.1, 0.15) is 0 Å². The van der Waals surface area contributed by atoms with Crippen LogP contribution in [0.1, 0.15) is 21.5 Å². The third kappa shape index (κ3) is 5.91. The van der Waals surface area contributed by atoms with Gasteiger partial charge in [-0.05, 0) is 73.2 Å². The smallest absolute Gasteiger partial charge is 0.267 e. The van der Waals surface area contributed by atoms with Crippen molar-refractivity contribution in [3.63, 3.8) is 0 Å². The Morgan fingerprint density at radius 1 is 1.14 bits per heavy atom. The number of hydrazine groups is 1. The van der Waals surface area contributed by atoms with Gasteiger partial charge in [-0.3, -0.25) is 25.1 Å². The lowest BCUT2D eigenvalue weighted by Gasteiger charge is -2.15. The molecule has 0 aromatic heterocycles. The fourth-order valence-electron chi connectivity index (χ4n) is 3.07. The number of benzene rings is 3. The van der Waals surface area contributed by atoms with Gasteiger partial charge in [0.05, 0.1) is 14.7 Å². The summed E-state index contributed by atoms with van der Waals surface area (Å²) in [5, 5.41) is 13.2. The molecule has 0 unspecified atom stereocenters. The third-order valence-corrected chi connectivity index (χ3v) is 7.47. The molecule has 0 radical (unpaired) electrons. The normalized spacial score (nSPS) is 14.5. The number of nitrogens with zero attached hydrogens (tertiary/aromatic N) is 2. The van der Waals surface area contributed by atoms with E-state index >= 15 is 0 Å². The minimum absolute atomic E-state index is 0.0733. The standard InChI is InChI=1S/C24H16ClN3O4S3/c1-14-2-9-18(10-3-14)34-20-11-4-15(12-19(20)28(31)32)13-21-23(30)27(24(33)35-21)26-22(29)16-5-7-17(25)8-6-16/h2-13H,1H3,(H,26,29)/b21-13-. The second-order valence-electron chi connectivity index (χ2n) is 7.36. The van der Waals surface area contributed by atoms with E-state index in [1.807, 2.05) is 31.2 Å². The van der Waals surface area contributed by atoms with Crippen molar-refractivity contribution in [1.82, 2.24) is 10.4 Å². The summed E-state index contributed by atoms with van der Waals surface area (Å²) in [7, 11) is 0. The van der Waals surface area contributed by atoms with Crippen LogP contribution in [0.25, 0.3) is 6.08 Å². The minimum atomic E-state index is -0.525. The summed E-state index contributed by atoms with van der Waals surface area (Å²) in [6.45, 7) is 1.97. The highest BCUT2D eigenvalue weighted by Gasteiger charge is 2.34. The maximum Gasteiger partial charge on any atom is 0.285 e. The molecule has 176 valence electrons. The molecular formula is C24H16ClN3O4S3. The summed E-state index contributed by atoms with van der Waals surface area (Å²) in [4.78, 5) is 38.2. The number of nitro benzene ring substituents is 1. The fraction of sp³-hybridized carbons (Fsp3) is 0.0417. The molecule has 35 heavy (non-hydrogen) atoms. The number of carbonyl (C=O) groups is 2. The van der Waals surface area contributed by atoms with E-state index in [9.17, 15) is 19.7 Å². The highest BCUT2D eigenvalue weighted by atomic mass is 35.5. The van der Waals surface area contributed by atoms with Gasteiger partial charge in [-0.1, -0.05) is 58.9 Å². The number of aryl methyl sites for hydroxylation is 1. The molecule has 0 saturated carbocycles. The quantitative estimate of drug-likeness (QED) is 0.170. The Hall–Kier alpha value is -3.18. The van der Waals surface area contributed by atoms with E-state index in [0.29, 0.717) is 21.0 Å². The molecule has 2 amide bonds. The van der Waals surface area contributed by atoms with Crippen LogP contribution < -0.4 is 5.43 Å². The predicted octanol–water partition coefficient (Wildman–Crippen LogP) is 6.25. The van der Waals surface area contributed by atoms with Gasteiger partial charge in [-0.25, -0.2) is 0 Å². The molecule has 1 N–H and O–H groups in total. The van der Waals surface area contributed by atoms with Crippen molar-refractivity contribution in [1.29, 1.82) is 0 Å². The number of amides is 2. The molecule has 3 aromatic carbocycles. The summed E-state index contributed by atoms with van der Waals surface area (Å²) in [6, 6.07) is 18.6. The number of nitro groups is 1. The van der Waals surface area contributed by atoms with Gasteiger partial charge in [-0.2, -0.15) is 5.01 Å². The zero-order chi connectivity index (χ0) is 25.1. The molecule has 0 aliphatic carbocycles. The van der Waals surface area contributed by atoms with Crippen molar-refractivity contribution in [2.75, 3.05) is 0 Å². The average molecular weight is 542 g/mol. The van der Waals surface area contributed by atoms with Crippen LogP contribution in [0.3, 0.4) is 0 Å². The van der Waals surface area contributed by atoms with Crippen molar-refractivity contribution in [2.24, 2.45) is 0 Å². The van der Waals surface area contributed by atoms with Crippen molar-refractivity contribution >= 4 is 75.2 Å². The topological polar surface area (TPSA) is 92.6 Å². The van der Waals surface area contributed by atoms with Gasteiger partial charge in [0, 0.05) is 21.5 Å². The molecule has 1 aliphatic heterocycles. The van der Waals surface area contributed by atoms with Gasteiger partial charge in [-0.15, -0.1) is 0 Å². The zero-order valence-electron chi connectivity index (χ0n) is 18.1. The van der Waals surface area contributed by atoms with Crippen LogP contribution in [0.4, 0.5) is 5.69 Å². The first kappa shape index (κ1) is 24.9. The molecule has 0 bridgehead atoms. The Morgan fingerprint density at radius 3 is 2.49 bits per heavy atom. The molecule has 7 nitrogen and oxygen atoms in total. The minimum Gasteiger partial charge on any atom is -0.267 e. The summed E-state index contributed by atoms with van der Waals surface area (Å²) in [6.07, 6.45) is 1.51. The Morgan fingerprint density at radius 2 is 1.83 bits per heavy atom. The molecule has 0 atom stereocenters. The number of thioether (sulfide) groups is 1. The van der Waals surface area contributed by atoms with Crippen LogP contribution in [0.2, 0.25) is 5.02 Å². The Bertz CT molecular complexity index is 1380. The number of thiocarbonyl (C=S) groups is 1. The van der Waals surface area contributed by atoms with E-state index in [2.05, 4.69) is 5.43 Å². The molecule has 1 aliphatic rings. The predicted molar refractivity (Wildman–Crippen MR) is 142 cm³/mol. The van der Waals surface area contributed by atoms with E-state index in [-0.39, 0.29) is 14.9 Å². The summed E-state index contributed by atoms with van der Waals surface area (Å²) in [5.74, 6) is -1.05. The number of hydrogen-bond donors (Lipinski definition) is 1. The average Bonchev–Trinajstić information content (AvgIpc) is 3.09. The second-order valence-corrected chi connectivity index (χ2v) is 10.6. The van der Waals surface area contributed by atoms with E-state index in [0.717, 1.165) is 27.2 Å². The monoisotopic (exact) mass is 541 g/mol. The molecule has 4 rings (SSSR count). The van der Waals surface area contributed by atoms with Gasteiger partial charge >= 0.3 is 0 Å². The molecule has 3 aromatic rings. The van der Waals surface area contributed by atoms with E-state index < -0.39 is 16.7 Å². The van der Waals surface area contributed by atoms with Gasteiger partial charge < -0.3 is 0 Å². The maximum absolute atomic E-state index is 12.9. The molecule has 1 fully saturated rings. The maximum atomic E-state index is 12.9. The highest BCUT2D eigenvalue weighted by Crippen LogP contribution is 2.37. The van der Waals surface area contributed by atoms with Crippen molar-refractivity contribution in [3.8, 4) is 0 Å². The van der Waals surface area contributed by atoms with Gasteiger partial charge in [0.2, 0.25) is 0 Å². The zero-order valence-corrected chi connectivity index (χ0v) is 21.3. The van der Waals surface area contributed by atoms with E-state index in [1.165, 1.54) is 36.0 Å². The first-order valence-corrected chi connectivity index (χ1v) is 12.5. The van der Waals surface area contributed by atoms with Crippen LogP contribution >= 0.6 is 47.3 Å². The van der Waals surface area contributed by atoms with Crippen molar-refractivity contribution in [3.05, 3.63) is 103 Å². The molecule has 0 spiro atoms. The van der Waals surface area contributed by atoms with Crippen LogP contribution in [-0.2, 0) is 4.79 Å². The fourth-order valence-corrected chi connectivity index (χ4v) is 5.27. The third-order valence-electron chi connectivity index (χ3n) is 4.84. The van der Waals surface area contributed by atoms with E-state index in [1.54, 1.807) is 24.3 Å². The number of carbonyl (C=O) groups excluding carboxylic acids is 2. The SMILES string of the molecule is Cc1ccc(Sc2ccc(/C=C3\SC(=S)N(NC(=O)c4ccc(Cl)cc4)C3=O)cc2[N+](=O)[O-])cc1. The molecule has 11 heteroatoms. The first-order valence-electron chi connectivity index (χ1n) is 10.1. The van der Waals surface area contributed by atoms with Crippen LogP contribution in [0, 0.1) is 17.0 Å². The number of rotatable bonds is 6. The van der Waals surface area contributed by atoms with E-state index in [4.69, 9.17) is 23.8 Å². The van der Waals surface area contributed by atoms with Crippen molar-refractivity contribution in [2.45, 2.75) is 16.7 Å². The highest BCUT2D eigenvalue weighted by molar-refractivity contribution is 8.26. The Labute approximate surface area is 219 Å². The van der Waals surface area contributed by atoms with Crippen molar-refractivity contribution < 1.29 is 14.5 Å². The van der Waals surface area contributed by atoms with Crippen LogP contribution in [0.5, 0.6) is 0 Å². The van der Waals surface area contributed by atoms with Crippen LogP contribution in [0.15, 0.2) is 81.4 Å². The summed E-state index contributed by atoms with van der Waals surface area (Å²) in [5.41, 5.74) is 4.29. The lowest BCUT2D eigenvalue weighted by atomic mass is 10.2. The van der Waals surface area contributed by atoms with Crippen LogP contribution in [-0.4, -0.2) is 26.1 Å². The Kier molecular flexibility index (Phi) is 7.56. The summed E-state index contributed by atoms with van der Waals surface area (Å²) < 4.78 is 0.143. The second kappa shape index (κ2) is 10.6. The Balaban J connectivity index is 1.54. The first-order chi connectivity index (χ1) is 16.7. The molecular weight excluding hydrogens is 526 g/mol. The van der Waals surface area contributed by atoms with Gasteiger partial charge in [0.25, 0.3) is 17.5 Å². The largest absolute Gasteiger partial charge is 0.285 e.